The van der Waals surface area contributed by atoms with Gasteiger partial charge in [-0.05, 0) is 37.3 Å². The minimum atomic E-state index is -4.52. The van der Waals surface area contributed by atoms with E-state index in [1.807, 2.05) is 0 Å². The van der Waals surface area contributed by atoms with Crippen molar-refractivity contribution in [3.05, 3.63) is 69.9 Å². The largest absolute Gasteiger partial charge is 0.433 e. The van der Waals surface area contributed by atoms with Crippen LogP contribution in [-0.2, 0) is 6.18 Å². The number of halogens is 4. The molecule has 0 saturated heterocycles. The van der Waals surface area contributed by atoms with Crippen molar-refractivity contribution in [2.24, 2.45) is 0 Å². The summed E-state index contributed by atoms with van der Waals surface area (Å²) in [4.78, 5) is 20.5. The highest BCUT2D eigenvalue weighted by atomic mass is 35.5. The van der Waals surface area contributed by atoms with E-state index in [-0.39, 0.29) is 11.9 Å². The predicted molar refractivity (Wildman–Crippen MR) is 97.7 cm³/mol. The van der Waals surface area contributed by atoms with Crippen LogP contribution in [0.3, 0.4) is 0 Å². The number of carbonyl (C=O) groups is 1. The normalized spacial score (nSPS) is 12.6. The van der Waals surface area contributed by atoms with Gasteiger partial charge in [0.2, 0.25) is 0 Å². The number of benzene rings is 1. The first-order chi connectivity index (χ1) is 12.7. The van der Waals surface area contributed by atoms with Crippen LogP contribution in [0.15, 0.2) is 48.8 Å². The van der Waals surface area contributed by atoms with E-state index in [4.69, 9.17) is 11.6 Å². The second-order valence-corrected chi connectivity index (χ2v) is 7.20. The van der Waals surface area contributed by atoms with Gasteiger partial charge in [0.15, 0.2) is 0 Å². The van der Waals surface area contributed by atoms with Crippen LogP contribution in [0.1, 0.15) is 33.9 Å². The van der Waals surface area contributed by atoms with Gasteiger partial charge in [0.1, 0.15) is 10.7 Å². The number of rotatable bonds is 4. The highest BCUT2D eigenvalue weighted by Crippen LogP contribution is 2.33. The number of aromatic nitrogens is 2. The molecule has 1 amide bonds. The fourth-order valence-corrected chi connectivity index (χ4v) is 3.42. The lowest BCUT2D eigenvalue weighted by molar-refractivity contribution is -0.141. The summed E-state index contributed by atoms with van der Waals surface area (Å²) in [7, 11) is 0. The summed E-state index contributed by atoms with van der Waals surface area (Å²) in [6.45, 7) is 1.77. The van der Waals surface area contributed by atoms with E-state index in [0.29, 0.717) is 26.0 Å². The minimum Gasteiger partial charge on any atom is -0.345 e. The van der Waals surface area contributed by atoms with Crippen LogP contribution in [0, 0.1) is 0 Å². The molecule has 1 atom stereocenters. The molecule has 0 radical (unpaired) electrons. The summed E-state index contributed by atoms with van der Waals surface area (Å²) in [5.41, 5.74) is -0.232. The lowest BCUT2D eigenvalue weighted by Gasteiger charge is -2.12. The third-order valence-corrected chi connectivity index (χ3v) is 5.15. The maximum absolute atomic E-state index is 12.8. The average Bonchev–Trinajstić information content (AvgIpc) is 3.11. The van der Waals surface area contributed by atoms with Gasteiger partial charge in [0.05, 0.1) is 6.04 Å². The van der Waals surface area contributed by atoms with Gasteiger partial charge in [-0.25, -0.2) is 4.98 Å². The molecule has 140 valence electrons. The van der Waals surface area contributed by atoms with Gasteiger partial charge in [-0.3, -0.25) is 9.78 Å². The molecule has 1 aromatic carbocycles. The van der Waals surface area contributed by atoms with Gasteiger partial charge >= 0.3 is 6.18 Å². The smallest absolute Gasteiger partial charge is 0.345 e. The van der Waals surface area contributed by atoms with Crippen LogP contribution in [-0.4, -0.2) is 15.9 Å². The summed E-state index contributed by atoms with van der Waals surface area (Å²) in [6.07, 6.45) is -1.88. The Hall–Kier alpha value is -2.45. The molecule has 0 spiro atoms. The number of alkyl halides is 3. The summed E-state index contributed by atoms with van der Waals surface area (Å²) in [6, 6.07) is 8.59. The molecule has 3 rings (SSSR count). The molecule has 0 aliphatic rings. The van der Waals surface area contributed by atoms with E-state index in [1.54, 1.807) is 31.2 Å². The van der Waals surface area contributed by atoms with Crippen molar-refractivity contribution in [2.75, 3.05) is 0 Å². The van der Waals surface area contributed by atoms with E-state index in [9.17, 15) is 18.0 Å². The molecule has 3 aromatic rings. The lowest BCUT2D eigenvalue weighted by atomic mass is 10.2. The van der Waals surface area contributed by atoms with Crippen molar-refractivity contribution in [1.82, 2.24) is 15.3 Å². The number of carbonyl (C=O) groups excluding carboxylic acids is 1. The topological polar surface area (TPSA) is 54.9 Å². The van der Waals surface area contributed by atoms with E-state index >= 15 is 0 Å². The molecular weight excluding hydrogens is 399 g/mol. The van der Waals surface area contributed by atoms with Gasteiger partial charge in [-0.1, -0.05) is 17.7 Å². The number of amides is 1. The first-order valence-corrected chi connectivity index (χ1v) is 8.99. The third-order valence-electron chi connectivity index (χ3n) is 3.68. The third kappa shape index (κ3) is 4.64. The molecule has 0 aliphatic heterocycles. The van der Waals surface area contributed by atoms with E-state index in [2.05, 4.69) is 15.3 Å². The van der Waals surface area contributed by atoms with Crippen molar-refractivity contribution < 1.29 is 18.0 Å². The fraction of sp³-hybridized carbons (Fsp3) is 0.167. The Morgan fingerprint density at radius 2 is 2.00 bits per heavy atom. The number of nitrogens with one attached hydrogen (secondary N) is 1. The molecule has 1 N–H and O–H groups in total. The average molecular weight is 412 g/mol. The van der Waals surface area contributed by atoms with Crippen molar-refractivity contribution >= 4 is 28.8 Å². The molecule has 4 nitrogen and oxygen atoms in total. The van der Waals surface area contributed by atoms with Crippen LogP contribution in [0.25, 0.3) is 10.6 Å². The molecule has 0 fully saturated rings. The van der Waals surface area contributed by atoms with Crippen LogP contribution in [0.5, 0.6) is 0 Å². The van der Waals surface area contributed by atoms with Gasteiger partial charge in [-0.2, -0.15) is 13.2 Å². The summed E-state index contributed by atoms with van der Waals surface area (Å²) in [5, 5.41) is 3.69. The second kappa shape index (κ2) is 7.66. The number of hydrogen-bond donors (Lipinski definition) is 1. The van der Waals surface area contributed by atoms with Crippen LogP contribution < -0.4 is 5.32 Å². The van der Waals surface area contributed by atoms with E-state index in [0.717, 1.165) is 12.3 Å². The van der Waals surface area contributed by atoms with Gasteiger partial charge in [-0.15, -0.1) is 11.3 Å². The molecule has 0 aliphatic carbocycles. The van der Waals surface area contributed by atoms with Crippen molar-refractivity contribution in [2.45, 2.75) is 19.1 Å². The maximum Gasteiger partial charge on any atom is 0.433 e. The zero-order chi connectivity index (χ0) is 19.6. The molecular formula is C18H13ClF3N3OS. The predicted octanol–water partition coefficient (Wildman–Crippen LogP) is 5.37. The van der Waals surface area contributed by atoms with Crippen LogP contribution in [0.2, 0.25) is 5.02 Å². The lowest BCUT2D eigenvalue weighted by Crippen LogP contribution is -2.26. The zero-order valence-electron chi connectivity index (χ0n) is 13.9. The van der Waals surface area contributed by atoms with Crippen molar-refractivity contribution in [1.29, 1.82) is 0 Å². The fourth-order valence-electron chi connectivity index (χ4n) is 2.32. The zero-order valence-corrected chi connectivity index (χ0v) is 15.5. The van der Waals surface area contributed by atoms with E-state index < -0.39 is 11.9 Å². The van der Waals surface area contributed by atoms with Crippen molar-refractivity contribution in [3.63, 3.8) is 0 Å². The highest BCUT2D eigenvalue weighted by Gasteiger charge is 2.32. The highest BCUT2D eigenvalue weighted by molar-refractivity contribution is 7.15. The van der Waals surface area contributed by atoms with Gasteiger partial charge in [0.25, 0.3) is 5.91 Å². The standard InChI is InChI=1S/C18H13ClF3N3OS/c1-10(25-16(26)11-3-2-4-13(19)7-11)14-9-24-17(27-14)12-5-6-23-15(8-12)18(20,21)22/h2-10H,1H3,(H,25,26). The minimum absolute atomic E-state index is 0.303. The Morgan fingerprint density at radius 3 is 2.70 bits per heavy atom. The SMILES string of the molecule is CC(NC(=O)c1cccc(Cl)c1)c1cnc(-c2ccnc(C(F)(F)F)c2)s1. The Bertz CT molecular complexity index is 974. The maximum atomic E-state index is 12.8. The summed E-state index contributed by atoms with van der Waals surface area (Å²) < 4.78 is 38.4. The first-order valence-electron chi connectivity index (χ1n) is 7.80. The first kappa shape index (κ1) is 19.3. The van der Waals surface area contributed by atoms with Crippen molar-refractivity contribution in [3.8, 4) is 10.6 Å². The number of hydrogen-bond acceptors (Lipinski definition) is 4. The monoisotopic (exact) mass is 411 g/mol. The Kier molecular flexibility index (Phi) is 5.48. The second-order valence-electron chi connectivity index (χ2n) is 5.70. The molecule has 1 unspecified atom stereocenters. The summed E-state index contributed by atoms with van der Waals surface area (Å²) in [5.74, 6) is -0.303. The quantitative estimate of drug-likeness (QED) is 0.628. The molecule has 0 bridgehead atoms. The Morgan fingerprint density at radius 1 is 1.22 bits per heavy atom. The van der Waals surface area contributed by atoms with E-state index in [1.165, 1.54) is 23.6 Å². The number of pyridine rings is 1. The molecule has 9 heteroatoms. The number of thiazole rings is 1. The molecule has 27 heavy (non-hydrogen) atoms. The van der Waals surface area contributed by atoms with Gasteiger partial charge < -0.3 is 5.32 Å². The van der Waals surface area contributed by atoms with Crippen LogP contribution in [0.4, 0.5) is 13.2 Å². The molecule has 2 heterocycles. The number of nitrogens with zero attached hydrogens (tertiary/aromatic N) is 2. The molecule has 0 saturated carbocycles. The molecule has 2 aromatic heterocycles. The Labute approximate surface area is 162 Å². The Balaban J connectivity index is 1.76. The summed E-state index contributed by atoms with van der Waals surface area (Å²) >= 11 is 7.09. The van der Waals surface area contributed by atoms with Gasteiger partial charge in [0, 0.05) is 33.4 Å². The van der Waals surface area contributed by atoms with Crippen LogP contribution >= 0.6 is 22.9 Å².